The molecule has 29 heavy (non-hydrogen) atoms. The van der Waals surface area contributed by atoms with Gasteiger partial charge in [0.1, 0.15) is 11.5 Å². The molecular formula is C24H19N5. The van der Waals surface area contributed by atoms with Gasteiger partial charge in [0, 0.05) is 36.3 Å². The van der Waals surface area contributed by atoms with Gasteiger partial charge >= 0.3 is 0 Å². The molecule has 0 fully saturated rings. The molecule has 0 saturated carbocycles. The molecule has 0 aliphatic heterocycles. The van der Waals surface area contributed by atoms with Crippen LogP contribution in [0.4, 0.5) is 0 Å². The lowest BCUT2D eigenvalue weighted by Gasteiger charge is -2.09. The van der Waals surface area contributed by atoms with Gasteiger partial charge in [-0.05, 0) is 31.2 Å². The summed E-state index contributed by atoms with van der Waals surface area (Å²) in [5, 5.41) is 0. The third-order valence-corrected chi connectivity index (χ3v) is 5.00. The fraction of sp³-hybridized carbons (Fsp3) is 0.0833. The molecule has 0 bridgehead atoms. The van der Waals surface area contributed by atoms with Crippen molar-refractivity contribution in [2.45, 2.75) is 6.92 Å². The van der Waals surface area contributed by atoms with Gasteiger partial charge in [-0.2, -0.15) is 0 Å². The van der Waals surface area contributed by atoms with Crippen LogP contribution in [0.1, 0.15) is 5.69 Å². The maximum absolute atomic E-state index is 5.01. The molecule has 0 amide bonds. The molecule has 0 atom stereocenters. The second-order valence-corrected chi connectivity index (χ2v) is 6.98. The monoisotopic (exact) mass is 377 g/mol. The normalized spacial score (nSPS) is 11.1. The van der Waals surface area contributed by atoms with Crippen molar-refractivity contribution in [2.75, 3.05) is 0 Å². The Morgan fingerprint density at radius 2 is 1.52 bits per heavy atom. The van der Waals surface area contributed by atoms with Crippen molar-refractivity contribution >= 4 is 11.0 Å². The second kappa shape index (κ2) is 6.95. The van der Waals surface area contributed by atoms with E-state index < -0.39 is 0 Å². The van der Waals surface area contributed by atoms with Crippen LogP contribution >= 0.6 is 0 Å². The zero-order valence-electron chi connectivity index (χ0n) is 16.2. The summed E-state index contributed by atoms with van der Waals surface area (Å²) < 4.78 is 2.13. The number of nitrogens with zero attached hydrogens (tertiary/aromatic N) is 5. The number of hydrogen-bond donors (Lipinski definition) is 0. The zero-order chi connectivity index (χ0) is 19.8. The first-order valence-corrected chi connectivity index (χ1v) is 9.48. The average Bonchev–Trinajstić information content (AvgIpc) is 3.11. The minimum absolute atomic E-state index is 0.857. The fourth-order valence-corrected chi connectivity index (χ4v) is 3.64. The highest BCUT2D eigenvalue weighted by Crippen LogP contribution is 2.35. The highest BCUT2D eigenvalue weighted by molar-refractivity contribution is 5.86. The molecule has 140 valence electrons. The van der Waals surface area contributed by atoms with E-state index in [-0.39, 0.29) is 0 Å². The van der Waals surface area contributed by atoms with Crippen LogP contribution in [0.25, 0.3) is 45.1 Å². The van der Waals surface area contributed by atoms with E-state index in [0.717, 1.165) is 50.8 Å². The third kappa shape index (κ3) is 3.06. The van der Waals surface area contributed by atoms with Crippen molar-refractivity contribution < 1.29 is 0 Å². The Labute approximate surface area is 168 Å². The number of benzene rings is 2. The molecular weight excluding hydrogens is 358 g/mol. The lowest BCUT2D eigenvalue weighted by Crippen LogP contribution is -1.96. The molecule has 0 saturated heterocycles. The predicted molar refractivity (Wildman–Crippen MR) is 115 cm³/mol. The number of rotatable bonds is 3. The van der Waals surface area contributed by atoms with Crippen LogP contribution in [0, 0.1) is 6.92 Å². The summed E-state index contributed by atoms with van der Waals surface area (Å²) in [5.41, 5.74) is 7.52. The number of imidazole rings is 1. The number of hydrogen-bond acceptors (Lipinski definition) is 4. The van der Waals surface area contributed by atoms with E-state index in [4.69, 9.17) is 9.97 Å². The molecule has 0 unspecified atom stereocenters. The zero-order valence-corrected chi connectivity index (χ0v) is 16.2. The number of pyridine rings is 1. The van der Waals surface area contributed by atoms with Gasteiger partial charge in [0.15, 0.2) is 0 Å². The van der Waals surface area contributed by atoms with Crippen LogP contribution in [0.5, 0.6) is 0 Å². The number of aryl methyl sites for hydroxylation is 1. The first-order chi connectivity index (χ1) is 14.2. The van der Waals surface area contributed by atoms with E-state index in [1.165, 1.54) is 0 Å². The van der Waals surface area contributed by atoms with Crippen molar-refractivity contribution in [3.05, 3.63) is 84.8 Å². The minimum atomic E-state index is 0.857. The Morgan fingerprint density at radius 1 is 0.724 bits per heavy atom. The largest absolute Gasteiger partial charge is 0.327 e. The van der Waals surface area contributed by atoms with Gasteiger partial charge in [-0.3, -0.25) is 15.0 Å². The van der Waals surface area contributed by atoms with Crippen molar-refractivity contribution in [3.63, 3.8) is 0 Å². The number of aromatic nitrogens is 5. The molecule has 0 aliphatic carbocycles. The molecule has 3 aromatic heterocycles. The van der Waals surface area contributed by atoms with Gasteiger partial charge in [-0.1, -0.05) is 42.5 Å². The Kier molecular flexibility index (Phi) is 4.13. The van der Waals surface area contributed by atoms with Crippen molar-refractivity contribution in [2.24, 2.45) is 7.05 Å². The molecule has 0 aliphatic rings. The Morgan fingerprint density at radius 3 is 2.31 bits per heavy atom. The van der Waals surface area contributed by atoms with Crippen LogP contribution in [0.15, 0.2) is 79.1 Å². The maximum atomic E-state index is 5.01. The van der Waals surface area contributed by atoms with Gasteiger partial charge in [0.05, 0.1) is 22.4 Å². The van der Waals surface area contributed by atoms with E-state index in [2.05, 4.69) is 38.8 Å². The predicted octanol–water partition coefficient (Wildman–Crippen LogP) is 5.07. The van der Waals surface area contributed by atoms with Gasteiger partial charge in [-0.15, -0.1) is 0 Å². The van der Waals surface area contributed by atoms with Gasteiger partial charge in [-0.25, -0.2) is 4.98 Å². The van der Waals surface area contributed by atoms with E-state index in [1.54, 1.807) is 12.4 Å². The van der Waals surface area contributed by atoms with Crippen LogP contribution in [0.2, 0.25) is 0 Å². The van der Waals surface area contributed by atoms with Crippen LogP contribution < -0.4 is 0 Å². The summed E-state index contributed by atoms with van der Waals surface area (Å²) >= 11 is 0. The molecule has 0 N–H and O–H groups in total. The van der Waals surface area contributed by atoms with Gasteiger partial charge in [0.2, 0.25) is 0 Å². The Bertz CT molecular complexity index is 1320. The molecule has 2 aromatic carbocycles. The minimum Gasteiger partial charge on any atom is -0.327 e. The van der Waals surface area contributed by atoms with Crippen LogP contribution in [-0.4, -0.2) is 24.5 Å². The summed E-state index contributed by atoms with van der Waals surface area (Å²) in [4.78, 5) is 18.6. The molecule has 3 heterocycles. The highest BCUT2D eigenvalue weighted by Gasteiger charge is 2.20. The van der Waals surface area contributed by atoms with Gasteiger partial charge in [0.25, 0.3) is 0 Å². The van der Waals surface area contributed by atoms with Crippen molar-refractivity contribution in [1.82, 2.24) is 24.5 Å². The molecule has 5 nitrogen and oxygen atoms in total. The smallest absolute Gasteiger partial charge is 0.140 e. The lowest BCUT2D eigenvalue weighted by molar-refractivity contribution is 0.933. The Hall–Kier alpha value is -3.86. The molecule has 5 heteroatoms. The standard InChI is InChI=1S/C24H19N5/c1-16-7-6-10-20(27-16)22-23(18-11-12-19-21(15-18)26-14-13-25-19)29(2)24(28-22)17-8-4-3-5-9-17/h3-15H,1-2H3. The second-order valence-electron chi connectivity index (χ2n) is 6.98. The fourth-order valence-electron chi connectivity index (χ4n) is 3.64. The third-order valence-electron chi connectivity index (χ3n) is 5.00. The molecule has 0 spiro atoms. The van der Waals surface area contributed by atoms with E-state index >= 15 is 0 Å². The van der Waals surface area contributed by atoms with E-state index in [0.29, 0.717) is 0 Å². The van der Waals surface area contributed by atoms with Crippen molar-refractivity contribution in [3.8, 4) is 34.0 Å². The first-order valence-electron chi connectivity index (χ1n) is 9.48. The summed E-state index contributed by atoms with van der Waals surface area (Å²) in [6.07, 6.45) is 3.43. The summed E-state index contributed by atoms with van der Waals surface area (Å²) in [7, 11) is 2.05. The average molecular weight is 377 g/mol. The summed E-state index contributed by atoms with van der Waals surface area (Å²) in [6.45, 7) is 2.00. The quantitative estimate of drug-likeness (QED) is 0.441. The molecule has 5 aromatic rings. The van der Waals surface area contributed by atoms with Crippen LogP contribution in [0.3, 0.4) is 0 Å². The Balaban J connectivity index is 1.79. The molecule has 5 rings (SSSR count). The summed E-state index contributed by atoms with van der Waals surface area (Å²) in [6, 6.07) is 22.4. The lowest BCUT2D eigenvalue weighted by atomic mass is 10.1. The van der Waals surface area contributed by atoms with E-state index in [1.807, 2.05) is 56.4 Å². The SMILES string of the molecule is Cc1cccc(-c2nc(-c3ccccc3)n(C)c2-c2ccc3nccnc3c2)n1. The van der Waals surface area contributed by atoms with Crippen molar-refractivity contribution in [1.29, 1.82) is 0 Å². The summed E-state index contributed by atoms with van der Waals surface area (Å²) in [5.74, 6) is 0.901. The van der Waals surface area contributed by atoms with Gasteiger partial charge < -0.3 is 4.57 Å². The molecule has 0 radical (unpaired) electrons. The maximum Gasteiger partial charge on any atom is 0.140 e. The van der Waals surface area contributed by atoms with Crippen LogP contribution in [-0.2, 0) is 7.05 Å². The topological polar surface area (TPSA) is 56.5 Å². The van der Waals surface area contributed by atoms with E-state index in [9.17, 15) is 0 Å². The number of fused-ring (bicyclic) bond motifs is 1. The first kappa shape index (κ1) is 17.3. The highest BCUT2D eigenvalue weighted by atomic mass is 15.1.